The highest BCUT2D eigenvalue weighted by Gasteiger charge is 2.46. The normalized spacial score (nSPS) is 20.1. The number of alkyl halides is 3. The molecule has 4 nitrogen and oxygen atoms in total. The Morgan fingerprint density at radius 3 is 2.52 bits per heavy atom. The number of hydrogen-bond donors (Lipinski definition) is 1. The summed E-state index contributed by atoms with van der Waals surface area (Å²) in [6.45, 7) is 6.27. The highest BCUT2D eigenvalue weighted by molar-refractivity contribution is 7.19. The van der Waals surface area contributed by atoms with Crippen molar-refractivity contribution in [2.24, 2.45) is 0 Å². The van der Waals surface area contributed by atoms with Crippen molar-refractivity contribution in [1.29, 1.82) is 0 Å². The molecular formula is C23H25F3N4S. The topological polar surface area (TPSA) is 31.4 Å². The first-order valence-electron chi connectivity index (χ1n) is 10.7. The van der Waals surface area contributed by atoms with Gasteiger partial charge in [-0.25, -0.2) is 4.98 Å². The molecule has 3 aromatic rings. The number of pyridine rings is 1. The monoisotopic (exact) mass is 446 g/mol. The van der Waals surface area contributed by atoms with Gasteiger partial charge in [-0.15, -0.1) is 11.3 Å². The molecule has 0 spiro atoms. The first-order valence-corrected chi connectivity index (χ1v) is 11.5. The van der Waals surface area contributed by atoms with Gasteiger partial charge in [0.2, 0.25) is 0 Å². The van der Waals surface area contributed by atoms with Crippen LogP contribution in [0.2, 0.25) is 0 Å². The van der Waals surface area contributed by atoms with Gasteiger partial charge in [0.1, 0.15) is 6.04 Å². The molecule has 8 heteroatoms. The van der Waals surface area contributed by atoms with Crippen LogP contribution in [-0.2, 0) is 0 Å². The van der Waals surface area contributed by atoms with Crippen molar-refractivity contribution in [3.63, 3.8) is 0 Å². The van der Waals surface area contributed by atoms with Crippen LogP contribution < -0.4 is 15.1 Å². The summed E-state index contributed by atoms with van der Waals surface area (Å²) >= 11 is 1.52. The van der Waals surface area contributed by atoms with E-state index in [9.17, 15) is 13.2 Å². The van der Waals surface area contributed by atoms with E-state index >= 15 is 0 Å². The number of anilines is 2. The Balaban J connectivity index is 1.54. The first-order chi connectivity index (χ1) is 14.9. The van der Waals surface area contributed by atoms with Crippen LogP contribution in [0, 0.1) is 6.92 Å². The predicted molar refractivity (Wildman–Crippen MR) is 121 cm³/mol. The molecule has 1 N–H and O–H groups in total. The molecule has 2 fully saturated rings. The molecule has 164 valence electrons. The van der Waals surface area contributed by atoms with Crippen LogP contribution in [0.5, 0.6) is 0 Å². The Hall–Kier alpha value is -2.32. The van der Waals surface area contributed by atoms with Gasteiger partial charge in [0.15, 0.2) is 0 Å². The summed E-state index contributed by atoms with van der Waals surface area (Å²) in [7, 11) is 0. The number of nitrogens with zero attached hydrogens (tertiary/aromatic N) is 3. The summed E-state index contributed by atoms with van der Waals surface area (Å²) in [4.78, 5) is 9.74. The lowest BCUT2D eigenvalue weighted by atomic mass is 10.1. The quantitative estimate of drug-likeness (QED) is 0.598. The summed E-state index contributed by atoms with van der Waals surface area (Å²) in [5.41, 5.74) is 4.24. The number of fused-ring (bicyclic) bond motifs is 1. The Labute approximate surface area is 183 Å². The molecule has 1 atom stereocenters. The zero-order chi connectivity index (χ0) is 21.6. The summed E-state index contributed by atoms with van der Waals surface area (Å²) in [5.74, 6) is 0. The third kappa shape index (κ3) is 3.99. The van der Waals surface area contributed by atoms with Crippen LogP contribution in [0.3, 0.4) is 0 Å². The van der Waals surface area contributed by atoms with E-state index < -0.39 is 12.2 Å². The minimum atomic E-state index is -4.23. The minimum absolute atomic E-state index is 0.145. The number of benzene rings is 1. The van der Waals surface area contributed by atoms with Crippen LogP contribution in [0.25, 0.3) is 21.5 Å². The van der Waals surface area contributed by atoms with E-state index in [1.54, 1.807) is 4.90 Å². The molecule has 0 aliphatic carbocycles. The van der Waals surface area contributed by atoms with Crippen molar-refractivity contribution >= 4 is 32.9 Å². The minimum Gasteiger partial charge on any atom is -0.369 e. The summed E-state index contributed by atoms with van der Waals surface area (Å²) in [5, 5.41) is 3.35. The molecule has 2 aliphatic heterocycles. The third-order valence-electron chi connectivity index (χ3n) is 6.17. The Kier molecular flexibility index (Phi) is 5.30. The van der Waals surface area contributed by atoms with Gasteiger partial charge in [-0.3, -0.25) is 0 Å². The van der Waals surface area contributed by atoms with Crippen LogP contribution >= 0.6 is 11.3 Å². The smallest absolute Gasteiger partial charge is 0.369 e. The molecule has 0 amide bonds. The van der Waals surface area contributed by atoms with Crippen LogP contribution in [-0.4, -0.2) is 49.9 Å². The average molecular weight is 447 g/mol. The van der Waals surface area contributed by atoms with Crippen molar-refractivity contribution in [2.75, 3.05) is 42.5 Å². The molecule has 2 aliphatic rings. The lowest BCUT2D eigenvalue weighted by molar-refractivity contribution is -0.145. The van der Waals surface area contributed by atoms with E-state index in [2.05, 4.69) is 22.3 Å². The molecule has 1 aromatic carbocycles. The fourth-order valence-corrected chi connectivity index (χ4v) is 5.63. The number of nitrogens with one attached hydrogen (secondary N) is 1. The van der Waals surface area contributed by atoms with E-state index in [0.717, 1.165) is 58.2 Å². The molecule has 0 radical (unpaired) electrons. The van der Waals surface area contributed by atoms with Gasteiger partial charge in [-0.2, -0.15) is 13.2 Å². The fraction of sp³-hybridized carbons (Fsp3) is 0.435. The molecule has 1 unspecified atom stereocenters. The number of thiophene rings is 1. The average Bonchev–Trinajstić information content (AvgIpc) is 3.40. The lowest BCUT2D eigenvalue weighted by Crippen LogP contribution is -2.43. The Morgan fingerprint density at radius 1 is 1.06 bits per heavy atom. The van der Waals surface area contributed by atoms with Crippen molar-refractivity contribution in [3.05, 3.63) is 41.3 Å². The second kappa shape index (κ2) is 7.98. The van der Waals surface area contributed by atoms with Gasteiger partial charge in [-0.05, 0) is 44.0 Å². The highest BCUT2D eigenvalue weighted by Crippen LogP contribution is 2.42. The molecule has 2 saturated heterocycles. The molecule has 0 bridgehead atoms. The van der Waals surface area contributed by atoms with Crippen LogP contribution in [0.4, 0.5) is 24.5 Å². The van der Waals surface area contributed by atoms with Gasteiger partial charge in [-0.1, -0.05) is 12.1 Å². The maximum Gasteiger partial charge on any atom is 0.408 e. The Bertz CT molecular complexity index is 1070. The molecular weight excluding hydrogens is 421 g/mol. The van der Waals surface area contributed by atoms with Gasteiger partial charge in [0.25, 0.3) is 0 Å². The largest absolute Gasteiger partial charge is 0.408 e. The van der Waals surface area contributed by atoms with E-state index in [1.165, 1.54) is 11.3 Å². The van der Waals surface area contributed by atoms with Crippen molar-refractivity contribution in [1.82, 2.24) is 10.3 Å². The SMILES string of the molecule is Cc1cc2nc(-c3ccc(N4CCNCC4)cc3)cc(N3CCCC3C(F)(F)F)c2s1. The molecule has 2 aromatic heterocycles. The van der Waals surface area contributed by atoms with E-state index in [4.69, 9.17) is 4.98 Å². The second-order valence-corrected chi connectivity index (χ2v) is 9.53. The van der Waals surface area contributed by atoms with E-state index in [0.29, 0.717) is 18.7 Å². The van der Waals surface area contributed by atoms with Crippen molar-refractivity contribution in [2.45, 2.75) is 32.0 Å². The number of halogens is 3. The van der Waals surface area contributed by atoms with Gasteiger partial charge >= 0.3 is 6.18 Å². The van der Waals surface area contributed by atoms with Crippen LogP contribution in [0.15, 0.2) is 36.4 Å². The van der Waals surface area contributed by atoms with E-state index in [-0.39, 0.29) is 6.42 Å². The fourth-order valence-electron chi connectivity index (χ4n) is 4.65. The number of rotatable bonds is 3. The zero-order valence-corrected chi connectivity index (χ0v) is 18.2. The van der Waals surface area contributed by atoms with Crippen LogP contribution in [0.1, 0.15) is 17.7 Å². The summed E-state index contributed by atoms with van der Waals surface area (Å²) in [6.07, 6.45) is -3.54. The maximum absolute atomic E-state index is 13.7. The van der Waals surface area contributed by atoms with Gasteiger partial charge in [0.05, 0.1) is 21.6 Å². The summed E-state index contributed by atoms with van der Waals surface area (Å²) < 4.78 is 41.9. The number of hydrogen-bond acceptors (Lipinski definition) is 5. The molecule has 5 rings (SSSR count). The van der Waals surface area contributed by atoms with Gasteiger partial charge in [0, 0.05) is 48.9 Å². The third-order valence-corrected chi connectivity index (χ3v) is 7.23. The second-order valence-electron chi connectivity index (χ2n) is 8.27. The van der Waals surface area contributed by atoms with Crippen molar-refractivity contribution < 1.29 is 13.2 Å². The standard InChI is InChI=1S/C23H25F3N4S/c1-15-13-19-22(31-15)20(30-10-2-3-21(30)23(24,25)26)14-18(28-19)16-4-6-17(7-5-16)29-11-8-27-9-12-29/h4-7,13-14,21,27H,2-3,8-12H2,1H3. The van der Waals surface area contributed by atoms with Crippen molar-refractivity contribution in [3.8, 4) is 11.3 Å². The van der Waals surface area contributed by atoms with E-state index in [1.807, 2.05) is 31.2 Å². The maximum atomic E-state index is 13.7. The number of aromatic nitrogens is 1. The molecule has 4 heterocycles. The molecule has 0 saturated carbocycles. The predicted octanol–water partition coefficient (Wildman–Crippen LogP) is 5.21. The zero-order valence-electron chi connectivity index (χ0n) is 17.4. The van der Waals surface area contributed by atoms with Gasteiger partial charge < -0.3 is 15.1 Å². The first kappa shape index (κ1) is 20.6. The summed E-state index contributed by atoms with van der Waals surface area (Å²) in [6, 6.07) is 10.6. The highest BCUT2D eigenvalue weighted by atomic mass is 32.1. The Morgan fingerprint density at radius 2 is 1.81 bits per heavy atom. The number of aryl methyl sites for hydroxylation is 1. The molecule has 31 heavy (non-hydrogen) atoms. The lowest BCUT2D eigenvalue weighted by Gasteiger charge is -2.30. The number of piperazine rings is 1.